The van der Waals surface area contributed by atoms with Gasteiger partial charge in [0.2, 0.25) is 0 Å². The average molecular weight is 302 g/mol. The lowest BCUT2D eigenvalue weighted by molar-refractivity contribution is 0.579. The highest BCUT2D eigenvalue weighted by atomic mass is 32.1. The summed E-state index contributed by atoms with van der Waals surface area (Å²) in [6.07, 6.45) is 1.16. The molecule has 1 aromatic heterocycles. The molecule has 0 saturated heterocycles. The van der Waals surface area contributed by atoms with Gasteiger partial charge in [0.15, 0.2) is 0 Å². The summed E-state index contributed by atoms with van der Waals surface area (Å²) in [7, 11) is 0. The largest absolute Gasteiger partial charge is 0.305 e. The van der Waals surface area contributed by atoms with Crippen LogP contribution in [0.15, 0.2) is 24.3 Å². The predicted molar refractivity (Wildman–Crippen MR) is 91.8 cm³/mol. The monoisotopic (exact) mass is 302 g/mol. The van der Waals surface area contributed by atoms with E-state index in [1.165, 1.54) is 16.0 Å². The smallest absolute Gasteiger partial charge is 0.0900 e. The lowest BCUT2D eigenvalue weighted by Gasteiger charge is -2.13. The van der Waals surface area contributed by atoms with Crippen molar-refractivity contribution in [1.29, 1.82) is 0 Å². The highest BCUT2D eigenvalue weighted by Crippen LogP contribution is 2.24. The molecule has 21 heavy (non-hydrogen) atoms. The van der Waals surface area contributed by atoms with Gasteiger partial charge < -0.3 is 5.32 Å². The molecule has 0 radical (unpaired) electrons. The normalized spacial score (nSPS) is 12.9. The van der Waals surface area contributed by atoms with E-state index in [0.717, 1.165) is 23.7 Å². The molecule has 2 aromatic rings. The third-order valence-corrected chi connectivity index (χ3v) is 4.87. The molecule has 114 valence electrons. The topological polar surface area (TPSA) is 24.9 Å². The van der Waals surface area contributed by atoms with Crippen LogP contribution in [0.4, 0.5) is 0 Å². The molecule has 3 heteroatoms. The van der Waals surface area contributed by atoms with E-state index in [1.54, 1.807) is 11.3 Å². The number of nitrogens with one attached hydrogen (secondary N) is 1. The first-order chi connectivity index (χ1) is 9.95. The van der Waals surface area contributed by atoms with Gasteiger partial charge >= 0.3 is 0 Å². The predicted octanol–water partition coefficient (Wildman–Crippen LogP) is 4.81. The summed E-state index contributed by atoms with van der Waals surface area (Å²) < 4.78 is 0. The second-order valence-corrected chi connectivity index (χ2v) is 7.43. The number of rotatable bonds is 6. The molecule has 1 unspecified atom stereocenters. The standard InChI is InChI=1S/C18H26N2S/c1-12(2)10-16-6-8-17(9-7-16)11-19-13(3)18-14(4)20-15(5)21-18/h6-9,12-13,19H,10-11H2,1-5H3. The van der Waals surface area contributed by atoms with Crippen LogP contribution < -0.4 is 5.32 Å². The van der Waals surface area contributed by atoms with E-state index in [4.69, 9.17) is 0 Å². The summed E-state index contributed by atoms with van der Waals surface area (Å²) in [4.78, 5) is 5.86. The van der Waals surface area contributed by atoms with Crippen molar-refractivity contribution in [3.05, 3.63) is 51.0 Å². The summed E-state index contributed by atoms with van der Waals surface area (Å²) in [5.74, 6) is 0.714. The maximum Gasteiger partial charge on any atom is 0.0900 e. The Labute approximate surface area is 132 Å². The van der Waals surface area contributed by atoms with Gasteiger partial charge in [0, 0.05) is 17.5 Å². The van der Waals surface area contributed by atoms with Gasteiger partial charge in [0.05, 0.1) is 10.7 Å². The van der Waals surface area contributed by atoms with Crippen molar-refractivity contribution >= 4 is 11.3 Å². The first-order valence-corrected chi connectivity index (χ1v) is 8.52. The van der Waals surface area contributed by atoms with Gasteiger partial charge in [-0.3, -0.25) is 0 Å². The molecule has 1 N–H and O–H groups in total. The van der Waals surface area contributed by atoms with Crippen LogP contribution in [0.3, 0.4) is 0 Å². The fraction of sp³-hybridized carbons (Fsp3) is 0.500. The number of nitrogens with zero attached hydrogens (tertiary/aromatic N) is 1. The Morgan fingerprint density at radius 2 is 1.67 bits per heavy atom. The average Bonchev–Trinajstić information content (AvgIpc) is 2.76. The second kappa shape index (κ2) is 7.19. The first kappa shape index (κ1) is 16.2. The quantitative estimate of drug-likeness (QED) is 0.828. The molecule has 2 nitrogen and oxygen atoms in total. The van der Waals surface area contributed by atoms with Crippen molar-refractivity contribution in [3.8, 4) is 0 Å². The summed E-state index contributed by atoms with van der Waals surface area (Å²) in [6.45, 7) is 11.8. The molecule has 0 aliphatic heterocycles. The molecule has 0 aliphatic rings. The molecule has 1 heterocycles. The van der Waals surface area contributed by atoms with Crippen LogP contribution in [-0.2, 0) is 13.0 Å². The van der Waals surface area contributed by atoms with E-state index < -0.39 is 0 Å². The zero-order valence-electron chi connectivity index (χ0n) is 13.7. The maximum atomic E-state index is 4.50. The fourth-order valence-electron chi connectivity index (χ4n) is 2.58. The molecule has 0 spiro atoms. The van der Waals surface area contributed by atoms with Gasteiger partial charge in [-0.25, -0.2) is 4.98 Å². The van der Waals surface area contributed by atoms with E-state index >= 15 is 0 Å². The van der Waals surface area contributed by atoms with E-state index in [-0.39, 0.29) is 0 Å². The van der Waals surface area contributed by atoms with Crippen molar-refractivity contribution in [2.75, 3.05) is 0 Å². The van der Waals surface area contributed by atoms with E-state index in [9.17, 15) is 0 Å². The van der Waals surface area contributed by atoms with Crippen LogP contribution >= 0.6 is 11.3 Å². The van der Waals surface area contributed by atoms with Crippen molar-refractivity contribution in [2.45, 2.75) is 53.6 Å². The minimum Gasteiger partial charge on any atom is -0.305 e. The first-order valence-electron chi connectivity index (χ1n) is 7.71. The van der Waals surface area contributed by atoms with E-state index in [2.05, 4.69) is 69.2 Å². The Balaban J connectivity index is 1.92. The minimum absolute atomic E-state index is 0.353. The molecule has 1 aromatic carbocycles. The highest BCUT2D eigenvalue weighted by molar-refractivity contribution is 7.11. The number of aryl methyl sites for hydroxylation is 2. The molecule has 0 aliphatic carbocycles. The van der Waals surface area contributed by atoms with E-state index in [1.807, 2.05) is 0 Å². The SMILES string of the molecule is Cc1nc(C)c(C(C)NCc2ccc(CC(C)C)cc2)s1. The molecular formula is C18H26N2S. The lowest BCUT2D eigenvalue weighted by Crippen LogP contribution is -2.17. The summed E-state index contributed by atoms with van der Waals surface area (Å²) in [5, 5.41) is 4.75. The van der Waals surface area contributed by atoms with Gasteiger partial charge in [0.25, 0.3) is 0 Å². The van der Waals surface area contributed by atoms with Crippen molar-refractivity contribution < 1.29 is 0 Å². The fourth-order valence-corrected chi connectivity index (χ4v) is 3.53. The van der Waals surface area contributed by atoms with Gasteiger partial charge in [-0.05, 0) is 44.2 Å². The molecule has 0 saturated carbocycles. The molecule has 0 fully saturated rings. The number of hydrogen-bond acceptors (Lipinski definition) is 3. The van der Waals surface area contributed by atoms with Crippen LogP contribution in [0.25, 0.3) is 0 Å². The Bertz CT molecular complexity index is 569. The van der Waals surface area contributed by atoms with Gasteiger partial charge in [-0.1, -0.05) is 38.1 Å². The molecule has 2 rings (SSSR count). The Hall–Kier alpha value is -1.19. The third-order valence-electron chi connectivity index (χ3n) is 3.61. The van der Waals surface area contributed by atoms with Crippen LogP contribution in [0.1, 0.15) is 53.5 Å². The van der Waals surface area contributed by atoms with Gasteiger partial charge in [-0.2, -0.15) is 0 Å². The summed E-state index contributed by atoms with van der Waals surface area (Å²) >= 11 is 1.79. The van der Waals surface area contributed by atoms with Crippen molar-refractivity contribution in [1.82, 2.24) is 10.3 Å². The van der Waals surface area contributed by atoms with Crippen LogP contribution in [0, 0.1) is 19.8 Å². The van der Waals surface area contributed by atoms with Gasteiger partial charge in [-0.15, -0.1) is 11.3 Å². The molecule has 1 atom stereocenters. The zero-order chi connectivity index (χ0) is 15.4. The van der Waals surface area contributed by atoms with Crippen molar-refractivity contribution in [2.24, 2.45) is 5.92 Å². The lowest BCUT2D eigenvalue weighted by atomic mass is 10.0. The molecule has 0 bridgehead atoms. The highest BCUT2D eigenvalue weighted by Gasteiger charge is 2.12. The van der Waals surface area contributed by atoms with Gasteiger partial charge in [0.1, 0.15) is 0 Å². The second-order valence-electron chi connectivity index (χ2n) is 6.20. The van der Waals surface area contributed by atoms with Crippen molar-refractivity contribution in [3.63, 3.8) is 0 Å². The summed E-state index contributed by atoms with van der Waals surface area (Å²) in [5.41, 5.74) is 3.92. The molecule has 0 amide bonds. The Morgan fingerprint density at radius 1 is 1.05 bits per heavy atom. The number of benzene rings is 1. The summed E-state index contributed by atoms with van der Waals surface area (Å²) in [6, 6.07) is 9.34. The van der Waals surface area contributed by atoms with Crippen LogP contribution in [0.5, 0.6) is 0 Å². The van der Waals surface area contributed by atoms with E-state index in [0.29, 0.717) is 12.0 Å². The maximum absolute atomic E-state index is 4.50. The van der Waals surface area contributed by atoms with Crippen LogP contribution in [-0.4, -0.2) is 4.98 Å². The molecular weight excluding hydrogens is 276 g/mol. The zero-order valence-corrected chi connectivity index (χ0v) is 14.6. The van der Waals surface area contributed by atoms with Crippen LogP contribution in [0.2, 0.25) is 0 Å². The number of thiazole rings is 1. The Morgan fingerprint density at radius 3 is 2.19 bits per heavy atom. The minimum atomic E-state index is 0.353. The number of aromatic nitrogens is 1. The number of hydrogen-bond donors (Lipinski definition) is 1. The third kappa shape index (κ3) is 4.65. The Kier molecular flexibility index (Phi) is 5.54.